The van der Waals surface area contributed by atoms with E-state index in [0.717, 1.165) is 23.1 Å². The van der Waals surface area contributed by atoms with Gasteiger partial charge in [-0.1, -0.05) is 31.2 Å². The van der Waals surface area contributed by atoms with Crippen LogP contribution in [0.1, 0.15) is 30.8 Å². The largest absolute Gasteiger partial charge is 0.468 e. The molecule has 0 radical (unpaired) electrons. The molecule has 1 N–H and O–H groups in total. The Labute approximate surface area is 77.5 Å². The van der Waals surface area contributed by atoms with Crippen LogP contribution in [0.5, 0.6) is 0 Å². The maximum Gasteiger partial charge on any atom is 0.223 e. The van der Waals surface area contributed by atoms with Crippen LogP contribution in [0.25, 0.3) is 5.57 Å². The molecular weight excluding hydrogens is 164 g/mol. The van der Waals surface area contributed by atoms with Crippen molar-refractivity contribution in [1.82, 2.24) is 0 Å². The average molecular weight is 176 g/mol. The first kappa shape index (κ1) is 8.32. The van der Waals surface area contributed by atoms with Gasteiger partial charge in [0.15, 0.2) is 0 Å². The number of rotatable bonds is 1. The fraction of sp³-hybridized carbons (Fsp3) is 0.273. The second-order valence-corrected chi connectivity index (χ2v) is 3.07. The van der Waals surface area contributed by atoms with Crippen LogP contribution < -0.4 is 0 Å². The maximum absolute atomic E-state index is 9.51. The molecule has 0 saturated carbocycles. The monoisotopic (exact) mass is 176 g/mol. The van der Waals surface area contributed by atoms with Crippen LogP contribution in [0.2, 0.25) is 0 Å². The van der Waals surface area contributed by atoms with Gasteiger partial charge in [0, 0.05) is 5.56 Å². The normalized spacial score (nSPS) is 20.2. The van der Waals surface area contributed by atoms with E-state index in [9.17, 15) is 5.11 Å². The Hall–Kier alpha value is -1.28. The summed E-state index contributed by atoms with van der Waals surface area (Å²) in [5.74, 6) is 0. The first-order chi connectivity index (χ1) is 6.33. The van der Waals surface area contributed by atoms with Crippen molar-refractivity contribution in [3.05, 3.63) is 41.7 Å². The quantitative estimate of drug-likeness (QED) is 0.712. The summed E-state index contributed by atoms with van der Waals surface area (Å²) < 4.78 is 5.10. The molecule has 0 aromatic heterocycles. The minimum atomic E-state index is -0.800. The van der Waals surface area contributed by atoms with E-state index in [1.54, 1.807) is 6.26 Å². The van der Waals surface area contributed by atoms with Gasteiger partial charge in [-0.15, -0.1) is 0 Å². The van der Waals surface area contributed by atoms with E-state index in [1.165, 1.54) is 0 Å². The number of aliphatic hydroxyl groups is 1. The molecule has 1 unspecified atom stereocenters. The minimum Gasteiger partial charge on any atom is -0.468 e. The van der Waals surface area contributed by atoms with Crippen LogP contribution in [-0.4, -0.2) is 5.11 Å². The van der Waals surface area contributed by atoms with Crippen LogP contribution in [0.15, 0.2) is 30.5 Å². The highest BCUT2D eigenvalue weighted by Gasteiger charge is 2.18. The van der Waals surface area contributed by atoms with E-state index in [4.69, 9.17) is 4.74 Å². The molecule has 1 heterocycles. The SMILES string of the molecule is CCC1=COC(O)c2ccccc21. The van der Waals surface area contributed by atoms with Gasteiger partial charge in [-0.2, -0.15) is 0 Å². The molecule has 0 amide bonds. The molecule has 1 aliphatic rings. The molecule has 68 valence electrons. The summed E-state index contributed by atoms with van der Waals surface area (Å²) in [6.45, 7) is 2.07. The molecule has 1 aromatic rings. The summed E-state index contributed by atoms with van der Waals surface area (Å²) in [7, 11) is 0. The lowest BCUT2D eigenvalue weighted by Gasteiger charge is -2.21. The highest BCUT2D eigenvalue weighted by Crippen LogP contribution is 2.32. The van der Waals surface area contributed by atoms with Crippen molar-refractivity contribution in [2.75, 3.05) is 0 Å². The Bertz CT molecular complexity index is 342. The van der Waals surface area contributed by atoms with Gasteiger partial charge in [-0.05, 0) is 17.6 Å². The molecule has 0 fully saturated rings. The molecular formula is C11H12O2. The van der Waals surface area contributed by atoms with E-state index >= 15 is 0 Å². The first-order valence-electron chi connectivity index (χ1n) is 4.44. The molecule has 0 bridgehead atoms. The number of ether oxygens (including phenoxy) is 1. The number of aliphatic hydroxyl groups excluding tert-OH is 1. The Kier molecular flexibility index (Phi) is 2.07. The molecule has 2 nitrogen and oxygen atoms in total. The van der Waals surface area contributed by atoms with Crippen LogP contribution in [-0.2, 0) is 4.74 Å². The van der Waals surface area contributed by atoms with E-state index in [1.807, 2.05) is 24.3 Å². The highest BCUT2D eigenvalue weighted by molar-refractivity contribution is 5.68. The topological polar surface area (TPSA) is 29.5 Å². The molecule has 1 aromatic carbocycles. The average Bonchev–Trinajstić information content (AvgIpc) is 2.19. The predicted molar refractivity (Wildman–Crippen MR) is 50.8 cm³/mol. The van der Waals surface area contributed by atoms with Gasteiger partial charge in [0.25, 0.3) is 0 Å². The van der Waals surface area contributed by atoms with Crippen molar-refractivity contribution in [3.8, 4) is 0 Å². The second-order valence-electron chi connectivity index (χ2n) is 3.07. The number of hydrogen-bond acceptors (Lipinski definition) is 2. The van der Waals surface area contributed by atoms with Crippen LogP contribution in [0.4, 0.5) is 0 Å². The van der Waals surface area contributed by atoms with Crippen molar-refractivity contribution in [3.63, 3.8) is 0 Å². The fourth-order valence-corrected chi connectivity index (χ4v) is 1.56. The molecule has 1 atom stereocenters. The van der Waals surface area contributed by atoms with Crippen molar-refractivity contribution in [1.29, 1.82) is 0 Å². The number of fused-ring (bicyclic) bond motifs is 1. The van der Waals surface area contributed by atoms with Gasteiger partial charge >= 0.3 is 0 Å². The summed E-state index contributed by atoms with van der Waals surface area (Å²) in [4.78, 5) is 0. The van der Waals surface area contributed by atoms with Crippen molar-refractivity contribution >= 4 is 5.57 Å². The molecule has 0 saturated heterocycles. The number of hydrogen-bond donors (Lipinski definition) is 1. The summed E-state index contributed by atoms with van der Waals surface area (Å²) in [5.41, 5.74) is 3.10. The summed E-state index contributed by atoms with van der Waals surface area (Å²) in [6, 6.07) is 7.78. The van der Waals surface area contributed by atoms with E-state index in [2.05, 4.69) is 6.92 Å². The number of benzene rings is 1. The van der Waals surface area contributed by atoms with Crippen molar-refractivity contribution in [2.45, 2.75) is 19.6 Å². The van der Waals surface area contributed by atoms with Crippen LogP contribution in [0, 0.1) is 0 Å². The number of allylic oxidation sites excluding steroid dienone is 1. The van der Waals surface area contributed by atoms with Gasteiger partial charge in [0.05, 0.1) is 6.26 Å². The minimum absolute atomic E-state index is 0.800. The van der Waals surface area contributed by atoms with Crippen molar-refractivity contribution in [2.24, 2.45) is 0 Å². The lowest BCUT2D eigenvalue weighted by molar-refractivity contribution is -0.0563. The van der Waals surface area contributed by atoms with Crippen LogP contribution >= 0.6 is 0 Å². The fourth-order valence-electron chi connectivity index (χ4n) is 1.56. The molecule has 2 heteroatoms. The molecule has 2 rings (SSSR count). The van der Waals surface area contributed by atoms with Gasteiger partial charge in [0.2, 0.25) is 6.29 Å². The third-order valence-electron chi connectivity index (χ3n) is 2.29. The zero-order chi connectivity index (χ0) is 9.26. The second kappa shape index (κ2) is 3.23. The van der Waals surface area contributed by atoms with Gasteiger partial charge in [-0.3, -0.25) is 0 Å². The van der Waals surface area contributed by atoms with Gasteiger partial charge < -0.3 is 9.84 Å². The molecule has 0 aliphatic carbocycles. The summed E-state index contributed by atoms with van der Waals surface area (Å²) in [6.07, 6.45) is 1.77. The van der Waals surface area contributed by atoms with Gasteiger partial charge in [-0.25, -0.2) is 0 Å². The molecule has 1 aliphatic heterocycles. The van der Waals surface area contributed by atoms with E-state index < -0.39 is 6.29 Å². The van der Waals surface area contributed by atoms with E-state index in [0.29, 0.717) is 0 Å². The molecule has 0 spiro atoms. The Morgan fingerprint density at radius 1 is 1.38 bits per heavy atom. The Morgan fingerprint density at radius 2 is 2.15 bits per heavy atom. The van der Waals surface area contributed by atoms with Crippen molar-refractivity contribution < 1.29 is 9.84 Å². The summed E-state index contributed by atoms with van der Waals surface area (Å²) in [5, 5.41) is 9.51. The lowest BCUT2D eigenvalue weighted by atomic mass is 9.97. The predicted octanol–water partition coefficient (Wildman–Crippen LogP) is 2.46. The van der Waals surface area contributed by atoms with Crippen LogP contribution in [0.3, 0.4) is 0 Å². The summed E-state index contributed by atoms with van der Waals surface area (Å²) >= 11 is 0. The first-order valence-corrected chi connectivity index (χ1v) is 4.44. The smallest absolute Gasteiger partial charge is 0.223 e. The lowest BCUT2D eigenvalue weighted by Crippen LogP contribution is -2.08. The Morgan fingerprint density at radius 3 is 2.92 bits per heavy atom. The third kappa shape index (κ3) is 1.33. The van der Waals surface area contributed by atoms with Gasteiger partial charge in [0.1, 0.15) is 0 Å². The highest BCUT2D eigenvalue weighted by atomic mass is 16.6. The third-order valence-corrected chi connectivity index (χ3v) is 2.29. The standard InChI is InChI=1S/C11H12O2/c1-2-8-7-13-11(12)10-6-4-3-5-9(8)10/h3-7,11-12H,2H2,1H3. The zero-order valence-electron chi connectivity index (χ0n) is 7.53. The molecule has 13 heavy (non-hydrogen) atoms. The zero-order valence-corrected chi connectivity index (χ0v) is 7.53. The van der Waals surface area contributed by atoms with E-state index in [-0.39, 0.29) is 0 Å². The maximum atomic E-state index is 9.51. The Balaban J connectivity index is 2.52.